The summed E-state index contributed by atoms with van der Waals surface area (Å²) in [5.41, 5.74) is 5.02. The Morgan fingerprint density at radius 1 is 0.948 bits per heavy atom. The van der Waals surface area contributed by atoms with E-state index in [1.165, 1.54) is 38.5 Å². The fourth-order valence-electron chi connectivity index (χ4n) is 16.6. The van der Waals surface area contributed by atoms with Crippen LogP contribution < -0.4 is 5.32 Å². The quantitative estimate of drug-likeness (QED) is 0.154. The van der Waals surface area contributed by atoms with Crippen LogP contribution in [0.3, 0.4) is 0 Å². The van der Waals surface area contributed by atoms with Gasteiger partial charge >= 0.3 is 0 Å². The third-order valence-corrected chi connectivity index (χ3v) is 21.3. The number of imidazole rings is 1. The molecule has 6 fully saturated rings. The van der Waals surface area contributed by atoms with Gasteiger partial charge in [-0.15, -0.1) is 0 Å². The Morgan fingerprint density at radius 3 is 2.52 bits per heavy atom. The first-order chi connectivity index (χ1) is 27.7. The molecule has 8 aliphatic carbocycles. The molecule has 0 aromatic carbocycles. The van der Waals surface area contributed by atoms with Crippen LogP contribution in [0.2, 0.25) is 0 Å². The highest BCUT2D eigenvalue weighted by Gasteiger charge is 2.72. The fourth-order valence-corrected chi connectivity index (χ4v) is 19.3. The van der Waals surface area contributed by atoms with E-state index >= 15 is 0 Å². The largest absolute Gasteiger partial charge is 0.392 e. The Bertz CT molecular complexity index is 1890. The maximum absolute atomic E-state index is 14.7. The van der Waals surface area contributed by atoms with E-state index in [1.807, 2.05) is 47.2 Å². The molecule has 0 amide bonds. The minimum absolute atomic E-state index is 0.000809. The number of aliphatic hydroxyl groups is 4. The molecule has 0 spiro atoms. The van der Waals surface area contributed by atoms with Crippen LogP contribution >= 0.6 is 21.6 Å². The topological polar surface area (TPSA) is 128 Å². The Kier molecular flexibility index (Phi) is 10.2. The van der Waals surface area contributed by atoms with E-state index in [1.54, 1.807) is 22.3 Å². The van der Waals surface area contributed by atoms with E-state index in [9.17, 15) is 25.2 Å². The summed E-state index contributed by atoms with van der Waals surface area (Å²) in [7, 11) is 5.66. The van der Waals surface area contributed by atoms with Crippen molar-refractivity contribution in [2.45, 2.75) is 141 Å². The summed E-state index contributed by atoms with van der Waals surface area (Å²) < 4.78 is 2.32. The third-order valence-electron chi connectivity index (χ3n) is 18.8. The summed E-state index contributed by atoms with van der Waals surface area (Å²) in [5, 5.41) is 53.3. The molecule has 16 unspecified atom stereocenters. The minimum Gasteiger partial charge on any atom is -0.392 e. The average Bonchev–Trinajstić information content (AvgIpc) is 3.81. The average molecular weight is 832 g/mol. The monoisotopic (exact) mass is 831 g/mol. The number of hydrogen-bond acceptors (Lipinski definition) is 9. The summed E-state index contributed by atoms with van der Waals surface area (Å²) in [4.78, 5) is 19.2. The van der Waals surface area contributed by atoms with Crippen molar-refractivity contribution in [3.63, 3.8) is 0 Å². The molecule has 4 bridgehead atoms. The summed E-state index contributed by atoms with van der Waals surface area (Å²) in [6.07, 6.45) is 18.8. The molecular formula is C48H69N3O5S2. The molecule has 10 rings (SSSR count). The summed E-state index contributed by atoms with van der Waals surface area (Å²) in [5.74, 6) is 1.98. The van der Waals surface area contributed by atoms with Crippen molar-refractivity contribution in [3.05, 3.63) is 52.7 Å². The molecular weight excluding hydrogens is 763 g/mol. The van der Waals surface area contributed by atoms with Gasteiger partial charge in [-0.25, -0.2) is 4.98 Å². The second kappa shape index (κ2) is 14.6. The lowest BCUT2D eigenvalue weighted by atomic mass is 9.43. The van der Waals surface area contributed by atoms with E-state index in [2.05, 4.69) is 48.8 Å². The first-order valence-corrected chi connectivity index (χ1v) is 25.6. The van der Waals surface area contributed by atoms with Crippen molar-refractivity contribution < 1.29 is 25.2 Å². The number of rotatable bonds is 3. The number of hydrogen-bond donors (Lipinski definition) is 5. The molecule has 1 aromatic rings. The van der Waals surface area contributed by atoms with Gasteiger partial charge in [0.15, 0.2) is 5.78 Å². The number of fused-ring (bicyclic) bond motifs is 13. The van der Waals surface area contributed by atoms with Gasteiger partial charge in [-0.3, -0.25) is 4.79 Å². The number of carbonyl (C=O) groups excluding carboxylic acids is 1. The number of nitrogens with one attached hydrogen (secondary N) is 1. The number of aromatic nitrogens is 2. The van der Waals surface area contributed by atoms with E-state index < -0.39 is 46.6 Å². The molecule has 10 heteroatoms. The second-order valence-electron chi connectivity index (χ2n) is 21.8. The van der Waals surface area contributed by atoms with Gasteiger partial charge < -0.3 is 30.3 Å². The van der Waals surface area contributed by atoms with Crippen LogP contribution in [0.25, 0.3) is 0 Å². The zero-order chi connectivity index (χ0) is 40.5. The Hall–Kier alpha value is -1.40. The van der Waals surface area contributed by atoms with Crippen LogP contribution in [0.1, 0.15) is 117 Å². The van der Waals surface area contributed by atoms with Crippen LogP contribution in [0, 0.1) is 69.5 Å². The molecule has 318 valence electrons. The zero-order valence-electron chi connectivity index (χ0n) is 35.5. The molecule has 58 heavy (non-hydrogen) atoms. The number of nitrogens with zero attached hydrogens (tertiary/aromatic N) is 2. The van der Waals surface area contributed by atoms with Crippen LogP contribution in [0.5, 0.6) is 0 Å². The van der Waals surface area contributed by atoms with Gasteiger partial charge in [0.25, 0.3) is 0 Å². The van der Waals surface area contributed by atoms with E-state index in [0.717, 1.165) is 55.6 Å². The van der Waals surface area contributed by atoms with Crippen molar-refractivity contribution in [3.8, 4) is 0 Å². The van der Waals surface area contributed by atoms with Gasteiger partial charge in [-0.05, 0) is 130 Å². The third kappa shape index (κ3) is 5.72. The molecule has 1 aromatic heterocycles. The van der Waals surface area contributed by atoms with Gasteiger partial charge in [0.05, 0.1) is 30.2 Å². The molecule has 5 N–H and O–H groups in total. The lowest BCUT2D eigenvalue weighted by molar-refractivity contribution is -0.173. The maximum atomic E-state index is 14.7. The van der Waals surface area contributed by atoms with Crippen LogP contribution in [0.15, 0.2) is 52.7 Å². The number of aliphatic hydroxyl groups excluding tert-OH is 3. The van der Waals surface area contributed by atoms with E-state index in [-0.39, 0.29) is 46.8 Å². The smallest absolute Gasteiger partial charge is 0.159 e. The fraction of sp³-hybridized carbons (Fsp3) is 0.792. The summed E-state index contributed by atoms with van der Waals surface area (Å²) >= 11 is 0. The molecule has 1 saturated heterocycles. The molecule has 8 nitrogen and oxygen atoms in total. The van der Waals surface area contributed by atoms with Gasteiger partial charge in [0, 0.05) is 71.5 Å². The van der Waals surface area contributed by atoms with E-state index in [4.69, 9.17) is 0 Å². The zero-order valence-corrected chi connectivity index (χ0v) is 37.2. The van der Waals surface area contributed by atoms with Crippen molar-refractivity contribution in [2.75, 3.05) is 25.1 Å². The number of allylic oxidation sites excluding steroid dienone is 3. The lowest BCUT2D eigenvalue weighted by Gasteiger charge is -2.63. The SMILES string of the molecule is CNCC1C(O)C(O)CC2(C)C3CCC4(C)C5CC(CSSCC(n6ccnc6)CC(C)(C)C6=C7CCCCC7C7=C8C(CCC7)CC5C(O)C86)C4(O)C3=CC(=O)C12. The Labute approximate surface area is 354 Å². The highest BCUT2D eigenvalue weighted by atomic mass is 33.1. The standard InChI is InChI=1S/C48H69N3O5S2/c1-45(2)20-28(51-16-15-50-25-51)24-58-57-23-27-18-35(32-17-26-9-8-12-30-29-10-6-7-11-31(29)42(45)40(39(26)30)44(32)55)47(4)14-13-34-36(48(27,47)56)19-37(52)41-33(22-49-5)43(54)38(53)21-46(34,41)3/h15-16,19,25-29,32-35,38,40-41,43-44,49,53-56H,6-14,17-18,20-24H2,1-5H3. The van der Waals surface area contributed by atoms with Gasteiger partial charge in [-0.2, -0.15) is 0 Å². The second-order valence-corrected chi connectivity index (χ2v) is 24.3. The first kappa shape index (κ1) is 40.7. The van der Waals surface area contributed by atoms with Crippen molar-refractivity contribution in [1.82, 2.24) is 14.9 Å². The number of ketones is 1. The number of carbonyl (C=O) groups is 1. The normalized spacial score (nSPS) is 48.6. The van der Waals surface area contributed by atoms with Crippen molar-refractivity contribution in [1.29, 1.82) is 0 Å². The lowest BCUT2D eigenvalue weighted by Crippen LogP contribution is -2.65. The van der Waals surface area contributed by atoms with Gasteiger partial charge in [0.2, 0.25) is 0 Å². The Balaban J connectivity index is 1.12. The van der Waals surface area contributed by atoms with E-state index in [0.29, 0.717) is 24.8 Å². The van der Waals surface area contributed by atoms with Gasteiger partial charge in [0.1, 0.15) is 0 Å². The van der Waals surface area contributed by atoms with Gasteiger partial charge in [-0.1, -0.05) is 78.0 Å². The predicted molar refractivity (Wildman–Crippen MR) is 232 cm³/mol. The predicted octanol–water partition coefficient (Wildman–Crippen LogP) is 7.71. The molecule has 1 aliphatic heterocycles. The summed E-state index contributed by atoms with van der Waals surface area (Å²) in [6.45, 7) is 9.95. The summed E-state index contributed by atoms with van der Waals surface area (Å²) in [6, 6.07) is 0.236. The highest BCUT2D eigenvalue weighted by molar-refractivity contribution is 8.76. The Morgan fingerprint density at radius 2 is 1.74 bits per heavy atom. The van der Waals surface area contributed by atoms with Crippen LogP contribution in [-0.4, -0.2) is 84.8 Å². The van der Waals surface area contributed by atoms with Crippen LogP contribution in [-0.2, 0) is 4.79 Å². The molecule has 0 radical (unpaired) electrons. The first-order valence-electron chi connectivity index (χ1n) is 23.1. The highest BCUT2D eigenvalue weighted by Crippen LogP contribution is 2.72. The molecule has 9 aliphatic rings. The molecule has 5 saturated carbocycles. The maximum Gasteiger partial charge on any atom is 0.159 e. The minimum atomic E-state index is -1.21. The van der Waals surface area contributed by atoms with Crippen molar-refractivity contribution >= 4 is 27.4 Å². The van der Waals surface area contributed by atoms with Crippen molar-refractivity contribution in [2.24, 2.45) is 69.5 Å². The molecule has 16 atom stereocenters. The van der Waals surface area contributed by atoms with Crippen LogP contribution in [0.4, 0.5) is 0 Å². The molecule has 2 heterocycles.